The van der Waals surface area contributed by atoms with Crippen molar-refractivity contribution in [1.29, 1.82) is 0 Å². The van der Waals surface area contributed by atoms with E-state index in [1.54, 1.807) is 24.2 Å². The molecule has 2 N–H and O–H groups in total. The number of carbonyl (C=O) groups excluding carboxylic acids is 1. The van der Waals surface area contributed by atoms with Crippen molar-refractivity contribution in [2.24, 2.45) is 11.8 Å². The van der Waals surface area contributed by atoms with Crippen molar-refractivity contribution in [1.82, 2.24) is 14.8 Å². The van der Waals surface area contributed by atoms with Gasteiger partial charge in [-0.3, -0.25) is 14.5 Å². The third-order valence-electron chi connectivity index (χ3n) is 4.49. The van der Waals surface area contributed by atoms with Gasteiger partial charge in [0, 0.05) is 24.2 Å². The quantitative estimate of drug-likeness (QED) is 0.928. The molecular weight excluding hydrogens is 285 g/mol. The van der Waals surface area contributed by atoms with Crippen LogP contribution in [-0.2, 0) is 11.3 Å². The Labute approximate surface area is 126 Å². The molecular formula is C15H16FN5O. The number of halogens is 1. The van der Waals surface area contributed by atoms with E-state index in [4.69, 9.17) is 5.73 Å². The number of nitrogens with zero attached hydrogens (tertiary/aromatic N) is 4. The lowest BCUT2D eigenvalue weighted by Gasteiger charge is -2.21. The molecule has 22 heavy (non-hydrogen) atoms. The lowest BCUT2D eigenvalue weighted by Crippen LogP contribution is -2.29. The van der Waals surface area contributed by atoms with Gasteiger partial charge in [-0.05, 0) is 19.3 Å². The molecule has 6 nitrogen and oxygen atoms in total. The van der Waals surface area contributed by atoms with Crippen LogP contribution >= 0.6 is 0 Å². The predicted molar refractivity (Wildman–Crippen MR) is 78.6 cm³/mol. The fraction of sp³-hybridized carbons (Fsp3) is 0.400. The van der Waals surface area contributed by atoms with Crippen LogP contribution in [0, 0.1) is 24.6 Å². The number of rotatable bonds is 3. The Morgan fingerprint density at radius 3 is 2.91 bits per heavy atom. The fourth-order valence-corrected chi connectivity index (χ4v) is 3.12. The molecule has 0 unspecified atom stereocenters. The highest BCUT2D eigenvalue weighted by Gasteiger charge is 2.52. The van der Waals surface area contributed by atoms with Crippen LogP contribution in [0.3, 0.4) is 0 Å². The average molecular weight is 301 g/mol. The van der Waals surface area contributed by atoms with Crippen molar-refractivity contribution in [3.8, 4) is 0 Å². The zero-order chi connectivity index (χ0) is 15.4. The molecule has 2 aliphatic rings. The lowest BCUT2D eigenvalue weighted by atomic mass is 10.1. The van der Waals surface area contributed by atoms with Gasteiger partial charge in [0.1, 0.15) is 0 Å². The first-order chi connectivity index (χ1) is 10.5. The van der Waals surface area contributed by atoms with Gasteiger partial charge in [0.2, 0.25) is 5.91 Å². The highest BCUT2D eigenvalue weighted by Crippen LogP contribution is 2.47. The van der Waals surface area contributed by atoms with Gasteiger partial charge in [0.05, 0.1) is 36.0 Å². The van der Waals surface area contributed by atoms with Crippen molar-refractivity contribution >= 4 is 17.3 Å². The van der Waals surface area contributed by atoms with Gasteiger partial charge in [0.15, 0.2) is 5.82 Å². The molecule has 7 heteroatoms. The molecule has 0 bridgehead atoms. The van der Waals surface area contributed by atoms with Crippen molar-refractivity contribution in [3.05, 3.63) is 35.7 Å². The van der Waals surface area contributed by atoms with E-state index >= 15 is 0 Å². The van der Waals surface area contributed by atoms with Crippen LogP contribution in [-0.4, -0.2) is 27.2 Å². The van der Waals surface area contributed by atoms with Crippen LogP contribution in [0.4, 0.5) is 15.8 Å². The molecule has 0 spiro atoms. The van der Waals surface area contributed by atoms with E-state index in [1.165, 1.54) is 10.9 Å². The lowest BCUT2D eigenvalue weighted by molar-refractivity contribution is -0.118. The number of fused-ring (bicyclic) bond motifs is 1. The van der Waals surface area contributed by atoms with E-state index in [2.05, 4.69) is 10.1 Å². The maximum absolute atomic E-state index is 14.6. The summed E-state index contributed by atoms with van der Waals surface area (Å²) in [6.07, 6.45) is 5.70. The molecule has 114 valence electrons. The summed E-state index contributed by atoms with van der Waals surface area (Å²) >= 11 is 0. The molecule has 2 fully saturated rings. The highest BCUT2D eigenvalue weighted by atomic mass is 19.1. The second-order valence-corrected chi connectivity index (χ2v) is 6.05. The smallest absolute Gasteiger partial charge is 0.230 e. The van der Waals surface area contributed by atoms with Crippen LogP contribution in [0.5, 0.6) is 0 Å². The van der Waals surface area contributed by atoms with Crippen molar-refractivity contribution in [2.75, 3.05) is 17.2 Å². The molecule has 2 aromatic rings. The van der Waals surface area contributed by atoms with Gasteiger partial charge in [-0.15, -0.1) is 0 Å². The molecule has 2 aromatic heterocycles. The first-order valence-electron chi connectivity index (χ1n) is 7.28. The number of nitrogen functional groups attached to an aromatic ring is 1. The van der Waals surface area contributed by atoms with Crippen molar-refractivity contribution < 1.29 is 9.18 Å². The molecule has 1 amide bonds. The van der Waals surface area contributed by atoms with Crippen LogP contribution in [0.15, 0.2) is 18.6 Å². The van der Waals surface area contributed by atoms with Crippen LogP contribution in [0.2, 0.25) is 0 Å². The Morgan fingerprint density at radius 1 is 1.45 bits per heavy atom. The van der Waals surface area contributed by atoms with Crippen molar-refractivity contribution in [3.63, 3.8) is 0 Å². The zero-order valence-electron chi connectivity index (χ0n) is 12.2. The van der Waals surface area contributed by atoms with Crippen LogP contribution in [0.1, 0.15) is 17.7 Å². The topological polar surface area (TPSA) is 77.0 Å². The number of pyridine rings is 1. The standard InChI is InChI=1S/C15H16FN5O/c1-8-13(21-5-9-2-11(9)15(21)22)4-18-12(14(8)16)7-20-6-10(17)3-19-20/h3-4,6,9,11H,2,5,7,17H2,1H3/t9-,11-/m1/s1. The van der Waals surface area contributed by atoms with Crippen LogP contribution in [0.25, 0.3) is 0 Å². The molecule has 1 saturated heterocycles. The van der Waals surface area contributed by atoms with E-state index < -0.39 is 0 Å². The summed E-state index contributed by atoms with van der Waals surface area (Å²) in [6.45, 7) is 2.58. The number of amides is 1. The molecule has 0 radical (unpaired) electrons. The number of anilines is 2. The Morgan fingerprint density at radius 2 is 2.27 bits per heavy atom. The van der Waals surface area contributed by atoms with E-state index in [0.29, 0.717) is 35.1 Å². The molecule has 0 aromatic carbocycles. The largest absolute Gasteiger partial charge is 0.396 e. The summed E-state index contributed by atoms with van der Waals surface area (Å²) in [6, 6.07) is 0. The van der Waals surface area contributed by atoms with Gasteiger partial charge in [0.25, 0.3) is 0 Å². The minimum Gasteiger partial charge on any atom is -0.396 e. The normalized spacial score (nSPS) is 23.0. The number of carbonyl (C=O) groups is 1. The zero-order valence-corrected chi connectivity index (χ0v) is 12.2. The summed E-state index contributed by atoms with van der Waals surface area (Å²) in [4.78, 5) is 18.0. The van der Waals surface area contributed by atoms with Gasteiger partial charge in [-0.1, -0.05) is 0 Å². The van der Waals surface area contributed by atoms with E-state index in [1.807, 2.05) is 0 Å². The Bertz CT molecular complexity index is 771. The summed E-state index contributed by atoms with van der Waals surface area (Å²) in [5, 5.41) is 4.03. The number of piperidine rings is 1. The molecule has 4 rings (SSSR count). The Balaban J connectivity index is 1.63. The SMILES string of the molecule is Cc1c(N2C[C@H]3C[C@H]3C2=O)cnc(Cn2cc(N)cn2)c1F. The number of hydrogen-bond acceptors (Lipinski definition) is 4. The van der Waals surface area contributed by atoms with Gasteiger partial charge in [-0.2, -0.15) is 5.10 Å². The van der Waals surface area contributed by atoms with Crippen molar-refractivity contribution in [2.45, 2.75) is 19.9 Å². The van der Waals surface area contributed by atoms with Gasteiger partial charge < -0.3 is 10.6 Å². The first kappa shape index (κ1) is 13.2. The molecule has 1 aliphatic carbocycles. The monoisotopic (exact) mass is 301 g/mol. The maximum atomic E-state index is 14.6. The molecule has 3 heterocycles. The number of hydrogen-bond donors (Lipinski definition) is 1. The van der Waals surface area contributed by atoms with Gasteiger partial charge >= 0.3 is 0 Å². The minimum absolute atomic E-state index is 0.0990. The summed E-state index contributed by atoms with van der Waals surface area (Å²) in [7, 11) is 0. The average Bonchev–Trinajstić information content (AvgIpc) is 3.04. The number of aromatic nitrogens is 3. The molecule has 1 saturated carbocycles. The first-order valence-corrected chi connectivity index (χ1v) is 7.28. The third-order valence-corrected chi connectivity index (χ3v) is 4.49. The predicted octanol–water partition coefficient (Wildman–Crippen LogP) is 1.34. The summed E-state index contributed by atoms with van der Waals surface area (Å²) in [5.74, 6) is 0.303. The molecule has 2 atom stereocenters. The minimum atomic E-state index is -0.389. The van der Waals surface area contributed by atoms with E-state index in [0.717, 1.165) is 6.42 Å². The van der Waals surface area contributed by atoms with E-state index in [9.17, 15) is 9.18 Å². The third kappa shape index (κ3) is 1.96. The molecule has 1 aliphatic heterocycles. The Hall–Kier alpha value is -2.44. The summed E-state index contributed by atoms with van der Waals surface area (Å²) < 4.78 is 16.1. The van der Waals surface area contributed by atoms with Crippen LogP contribution < -0.4 is 10.6 Å². The number of nitrogens with two attached hydrogens (primary N) is 1. The fourth-order valence-electron chi connectivity index (χ4n) is 3.12. The highest BCUT2D eigenvalue weighted by molar-refractivity contribution is 6.00. The Kier molecular flexibility index (Phi) is 2.72. The summed E-state index contributed by atoms with van der Waals surface area (Å²) in [5.41, 5.74) is 7.45. The second-order valence-electron chi connectivity index (χ2n) is 6.05. The van der Waals surface area contributed by atoms with E-state index in [-0.39, 0.29) is 24.2 Å². The second kappa shape index (κ2) is 4.53. The van der Waals surface area contributed by atoms with Gasteiger partial charge in [-0.25, -0.2) is 4.39 Å². The maximum Gasteiger partial charge on any atom is 0.230 e.